The fraction of sp³-hybridized carbons (Fsp3) is 0.538. The van der Waals surface area contributed by atoms with Gasteiger partial charge in [-0.2, -0.15) is 0 Å². The van der Waals surface area contributed by atoms with Crippen LogP contribution in [-0.4, -0.2) is 31.7 Å². The fourth-order valence-electron chi connectivity index (χ4n) is 3.46. The largest absolute Gasteiger partial charge is 0.358 e. The zero-order chi connectivity index (χ0) is 10.6. The molecule has 2 heteroatoms. The van der Waals surface area contributed by atoms with E-state index >= 15 is 0 Å². The van der Waals surface area contributed by atoms with Crippen LogP contribution in [0.5, 0.6) is 0 Å². The van der Waals surface area contributed by atoms with Gasteiger partial charge >= 0.3 is 0 Å². The predicted octanol–water partition coefficient (Wildman–Crippen LogP) is 1.86. The SMILES string of the molecule is CN1CC[C@@]2(C)c3c[c]ccc3N(C)[C@@H]12. The molecule has 1 saturated heterocycles. The molecule has 0 aromatic heterocycles. The molecule has 2 heterocycles. The second-order valence-electron chi connectivity index (χ2n) is 5.08. The van der Waals surface area contributed by atoms with Crippen molar-refractivity contribution < 1.29 is 0 Å². The molecule has 0 spiro atoms. The molecule has 1 aromatic rings. The molecule has 15 heavy (non-hydrogen) atoms. The number of rotatable bonds is 0. The number of likely N-dealkylation sites (N-methyl/N-ethyl adjacent to an activating group) is 2. The first-order valence-corrected chi connectivity index (χ1v) is 5.58. The quantitative estimate of drug-likeness (QED) is 0.632. The maximum Gasteiger partial charge on any atom is 0.0911 e. The molecule has 2 nitrogen and oxygen atoms in total. The van der Waals surface area contributed by atoms with Gasteiger partial charge in [-0.15, -0.1) is 0 Å². The van der Waals surface area contributed by atoms with Crippen LogP contribution >= 0.6 is 0 Å². The van der Waals surface area contributed by atoms with Gasteiger partial charge in [0.15, 0.2) is 0 Å². The lowest BCUT2D eigenvalue weighted by molar-refractivity contribution is 0.268. The van der Waals surface area contributed by atoms with Crippen LogP contribution in [0.2, 0.25) is 0 Å². The summed E-state index contributed by atoms with van der Waals surface area (Å²) in [4.78, 5) is 4.87. The number of anilines is 1. The van der Waals surface area contributed by atoms with E-state index in [1.165, 1.54) is 24.2 Å². The number of hydrogen-bond acceptors (Lipinski definition) is 2. The first-order valence-electron chi connectivity index (χ1n) is 5.58. The summed E-state index contributed by atoms with van der Waals surface area (Å²) in [6.07, 6.45) is 1.78. The molecule has 1 fully saturated rings. The van der Waals surface area contributed by atoms with Crippen LogP contribution < -0.4 is 4.90 Å². The number of nitrogens with zero attached hydrogens (tertiary/aromatic N) is 2. The van der Waals surface area contributed by atoms with Gasteiger partial charge in [-0.25, -0.2) is 0 Å². The molecule has 1 aromatic carbocycles. The molecule has 0 saturated carbocycles. The van der Waals surface area contributed by atoms with Crippen LogP contribution in [-0.2, 0) is 5.41 Å². The van der Waals surface area contributed by atoms with Crippen LogP contribution in [0.1, 0.15) is 18.9 Å². The summed E-state index contributed by atoms with van der Waals surface area (Å²) in [5, 5.41) is 0. The number of likely N-dealkylation sites (tertiary alicyclic amines) is 1. The summed E-state index contributed by atoms with van der Waals surface area (Å²) in [6.45, 7) is 3.58. The molecule has 2 aliphatic heterocycles. The van der Waals surface area contributed by atoms with E-state index < -0.39 is 0 Å². The molecule has 0 N–H and O–H groups in total. The maximum absolute atomic E-state index is 3.22. The van der Waals surface area contributed by atoms with Crippen molar-refractivity contribution in [1.82, 2.24) is 4.90 Å². The van der Waals surface area contributed by atoms with Crippen molar-refractivity contribution in [1.29, 1.82) is 0 Å². The van der Waals surface area contributed by atoms with E-state index in [9.17, 15) is 0 Å². The minimum atomic E-state index is 0.302. The van der Waals surface area contributed by atoms with Crippen molar-refractivity contribution in [3.63, 3.8) is 0 Å². The monoisotopic (exact) mass is 201 g/mol. The van der Waals surface area contributed by atoms with E-state index in [1.807, 2.05) is 6.07 Å². The van der Waals surface area contributed by atoms with E-state index in [4.69, 9.17) is 0 Å². The Kier molecular flexibility index (Phi) is 1.70. The Morgan fingerprint density at radius 2 is 2.27 bits per heavy atom. The Bertz CT molecular complexity index is 401. The molecule has 0 unspecified atom stereocenters. The van der Waals surface area contributed by atoms with E-state index in [-0.39, 0.29) is 0 Å². The van der Waals surface area contributed by atoms with Gasteiger partial charge in [0.25, 0.3) is 0 Å². The third-order valence-corrected chi connectivity index (χ3v) is 4.17. The smallest absolute Gasteiger partial charge is 0.0911 e. The normalized spacial score (nSPS) is 34.3. The molecule has 79 valence electrons. The lowest BCUT2D eigenvalue weighted by atomic mass is 9.81. The van der Waals surface area contributed by atoms with Crippen LogP contribution in [0.4, 0.5) is 5.69 Å². The minimum absolute atomic E-state index is 0.302. The highest BCUT2D eigenvalue weighted by Crippen LogP contribution is 2.50. The third kappa shape index (κ3) is 0.979. The maximum atomic E-state index is 3.22. The zero-order valence-electron chi connectivity index (χ0n) is 9.62. The molecular formula is C13H17N2. The number of benzene rings is 1. The van der Waals surface area contributed by atoms with Crippen LogP contribution in [0.3, 0.4) is 0 Å². The molecule has 0 bridgehead atoms. The Balaban J connectivity index is 2.19. The highest BCUT2D eigenvalue weighted by atomic mass is 15.4. The average molecular weight is 201 g/mol. The van der Waals surface area contributed by atoms with Gasteiger partial charge < -0.3 is 4.90 Å². The van der Waals surface area contributed by atoms with Gasteiger partial charge in [0.2, 0.25) is 0 Å². The van der Waals surface area contributed by atoms with Crippen molar-refractivity contribution in [2.75, 3.05) is 25.5 Å². The Labute approximate surface area is 91.5 Å². The first-order chi connectivity index (χ1) is 7.14. The summed E-state index contributed by atoms with van der Waals surface area (Å²) in [5.41, 5.74) is 3.16. The number of fused-ring (bicyclic) bond motifs is 3. The predicted molar refractivity (Wildman–Crippen MR) is 62.1 cm³/mol. The molecule has 1 radical (unpaired) electrons. The van der Waals surface area contributed by atoms with Crippen LogP contribution in [0, 0.1) is 6.07 Å². The zero-order valence-corrected chi connectivity index (χ0v) is 9.62. The van der Waals surface area contributed by atoms with Gasteiger partial charge in [0, 0.05) is 24.7 Å². The van der Waals surface area contributed by atoms with Gasteiger partial charge in [-0.05, 0) is 37.2 Å². The van der Waals surface area contributed by atoms with Crippen LogP contribution in [0.25, 0.3) is 0 Å². The van der Waals surface area contributed by atoms with E-state index in [0.717, 1.165) is 0 Å². The molecule has 0 aliphatic carbocycles. The summed E-state index contributed by atoms with van der Waals surface area (Å²) >= 11 is 0. The van der Waals surface area contributed by atoms with Gasteiger partial charge in [-0.1, -0.05) is 13.0 Å². The van der Waals surface area contributed by atoms with Crippen molar-refractivity contribution in [3.05, 3.63) is 29.8 Å². The molecule has 2 atom stereocenters. The Morgan fingerprint density at radius 3 is 3.07 bits per heavy atom. The summed E-state index contributed by atoms with van der Waals surface area (Å²) in [7, 11) is 4.43. The van der Waals surface area contributed by atoms with Crippen molar-refractivity contribution in [2.45, 2.75) is 24.9 Å². The average Bonchev–Trinajstić information content (AvgIpc) is 2.65. The molecule has 2 aliphatic rings. The topological polar surface area (TPSA) is 6.48 Å². The van der Waals surface area contributed by atoms with Gasteiger partial charge in [0.1, 0.15) is 0 Å². The summed E-state index contributed by atoms with van der Waals surface area (Å²) in [6, 6.07) is 9.59. The fourth-order valence-corrected chi connectivity index (χ4v) is 3.46. The van der Waals surface area contributed by atoms with Gasteiger partial charge in [0.05, 0.1) is 6.17 Å². The minimum Gasteiger partial charge on any atom is -0.358 e. The van der Waals surface area contributed by atoms with Crippen molar-refractivity contribution in [2.24, 2.45) is 0 Å². The lowest BCUT2D eigenvalue weighted by Crippen LogP contribution is -2.45. The second-order valence-corrected chi connectivity index (χ2v) is 5.08. The van der Waals surface area contributed by atoms with Crippen molar-refractivity contribution in [3.8, 4) is 0 Å². The first kappa shape index (κ1) is 9.22. The van der Waals surface area contributed by atoms with Crippen molar-refractivity contribution >= 4 is 5.69 Å². The second kappa shape index (κ2) is 2.76. The van der Waals surface area contributed by atoms with Crippen LogP contribution in [0.15, 0.2) is 18.2 Å². The molecule has 0 amide bonds. The molecular weight excluding hydrogens is 184 g/mol. The lowest BCUT2D eigenvalue weighted by Gasteiger charge is -2.32. The molecule has 3 rings (SSSR count). The standard InChI is InChI=1S/C13H17N2/c1-13-8-9-14(2)12(13)15(3)11-7-5-4-6-10(11)13/h5-7,12H,8-9H2,1-3H3/t12-,13+/m1/s1. The van der Waals surface area contributed by atoms with E-state index in [2.05, 4.69) is 49.0 Å². The van der Waals surface area contributed by atoms with E-state index in [1.54, 1.807) is 0 Å². The van der Waals surface area contributed by atoms with E-state index in [0.29, 0.717) is 11.6 Å². The highest BCUT2D eigenvalue weighted by Gasteiger charge is 2.51. The Morgan fingerprint density at radius 1 is 1.47 bits per heavy atom. The summed E-state index contributed by atoms with van der Waals surface area (Å²) in [5.74, 6) is 0. The van der Waals surface area contributed by atoms with Gasteiger partial charge in [-0.3, -0.25) is 4.90 Å². The summed E-state index contributed by atoms with van der Waals surface area (Å²) < 4.78 is 0. The number of hydrogen-bond donors (Lipinski definition) is 0. The third-order valence-electron chi connectivity index (χ3n) is 4.17. The highest BCUT2D eigenvalue weighted by molar-refractivity contribution is 5.63. The Hall–Kier alpha value is -1.02.